The molecule has 0 spiro atoms. The average molecular weight is 138 g/mol. The Morgan fingerprint density at radius 3 is 3.10 bits per heavy atom. The fraction of sp³-hybridized carbons (Fsp3) is 0.375. The van der Waals surface area contributed by atoms with E-state index in [2.05, 4.69) is 4.74 Å². The summed E-state index contributed by atoms with van der Waals surface area (Å²) in [6.45, 7) is 2.03. The van der Waals surface area contributed by atoms with Crippen LogP contribution in [0.2, 0.25) is 0 Å². The highest BCUT2D eigenvalue weighted by Crippen LogP contribution is 2.11. The maximum atomic E-state index is 10.7. The molecule has 1 unspecified atom stereocenters. The third kappa shape index (κ3) is 1.47. The van der Waals surface area contributed by atoms with E-state index in [-0.39, 0.29) is 11.9 Å². The summed E-state index contributed by atoms with van der Waals surface area (Å²) in [7, 11) is 0. The first-order valence-electron chi connectivity index (χ1n) is 3.38. The van der Waals surface area contributed by atoms with Crippen LogP contribution in [0, 0.1) is 5.92 Å². The fourth-order valence-corrected chi connectivity index (χ4v) is 0.774. The lowest BCUT2D eigenvalue weighted by Crippen LogP contribution is -2.03. The highest BCUT2D eigenvalue weighted by molar-refractivity contribution is 5.79. The van der Waals surface area contributed by atoms with E-state index in [1.54, 1.807) is 6.08 Å². The van der Waals surface area contributed by atoms with Crippen molar-refractivity contribution in [3.05, 3.63) is 24.5 Å². The van der Waals surface area contributed by atoms with E-state index in [1.807, 2.05) is 19.1 Å². The molecule has 1 heterocycles. The second kappa shape index (κ2) is 3.20. The summed E-state index contributed by atoms with van der Waals surface area (Å²) in [5.41, 5.74) is 0. The van der Waals surface area contributed by atoms with Crippen LogP contribution >= 0.6 is 0 Å². The predicted octanol–water partition coefficient (Wildman–Crippen LogP) is 1.64. The summed E-state index contributed by atoms with van der Waals surface area (Å²) in [4.78, 5) is 10.7. The number of rotatable bonds is 2. The molecule has 2 heteroatoms. The molecule has 0 fully saturated rings. The number of allylic oxidation sites excluding steroid dienone is 1. The smallest absolute Gasteiger partial charge is 0.321 e. The van der Waals surface area contributed by atoms with Gasteiger partial charge in [-0.25, -0.2) is 0 Å². The second-order valence-electron chi connectivity index (χ2n) is 2.13. The third-order valence-electron chi connectivity index (χ3n) is 1.32. The molecular weight excluding hydrogens is 128 g/mol. The van der Waals surface area contributed by atoms with Crippen molar-refractivity contribution in [1.82, 2.24) is 0 Å². The summed E-state index contributed by atoms with van der Waals surface area (Å²) in [6.07, 6.45) is 7.95. The van der Waals surface area contributed by atoms with Gasteiger partial charge >= 0.3 is 5.97 Å². The Kier molecular flexibility index (Phi) is 2.26. The number of hydrogen-bond donors (Lipinski definition) is 0. The van der Waals surface area contributed by atoms with Crippen molar-refractivity contribution in [2.75, 3.05) is 0 Å². The molecule has 54 valence electrons. The number of ether oxygens (including phenoxy) is 1. The molecule has 0 saturated heterocycles. The SMILES string of the molecule is CCC=CC1C=COC1=O. The van der Waals surface area contributed by atoms with Gasteiger partial charge in [-0.2, -0.15) is 0 Å². The van der Waals surface area contributed by atoms with Crippen LogP contribution in [0.15, 0.2) is 24.5 Å². The molecule has 0 bridgehead atoms. The highest BCUT2D eigenvalue weighted by atomic mass is 16.5. The van der Waals surface area contributed by atoms with Crippen molar-refractivity contribution in [2.45, 2.75) is 13.3 Å². The largest absolute Gasteiger partial charge is 0.434 e. The van der Waals surface area contributed by atoms with Crippen molar-refractivity contribution >= 4 is 5.97 Å². The monoisotopic (exact) mass is 138 g/mol. The molecular formula is C8H10O2. The zero-order valence-corrected chi connectivity index (χ0v) is 5.91. The Hall–Kier alpha value is -1.05. The molecule has 1 aliphatic heterocycles. The quantitative estimate of drug-likeness (QED) is 0.428. The van der Waals surface area contributed by atoms with E-state index < -0.39 is 0 Å². The van der Waals surface area contributed by atoms with Crippen LogP contribution in [0.4, 0.5) is 0 Å². The Morgan fingerprint density at radius 1 is 1.80 bits per heavy atom. The Labute approximate surface area is 60.2 Å². The summed E-state index contributed by atoms with van der Waals surface area (Å²) in [5.74, 6) is -0.315. The number of hydrogen-bond acceptors (Lipinski definition) is 2. The van der Waals surface area contributed by atoms with Gasteiger partial charge in [0.15, 0.2) is 0 Å². The van der Waals surface area contributed by atoms with E-state index in [4.69, 9.17) is 0 Å². The summed E-state index contributed by atoms with van der Waals surface area (Å²) in [5, 5.41) is 0. The van der Waals surface area contributed by atoms with E-state index in [9.17, 15) is 4.79 Å². The molecule has 0 aromatic heterocycles. The molecule has 0 N–H and O–H groups in total. The predicted molar refractivity (Wildman–Crippen MR) is 38.2 cm³/mol. The number of cyclic esters (lactones) is 1. The molecule has 1 rings (SSSR count). The van der Waals surface area contributed by atoms with E-state index in [0.29, 0.717) is 0 Å². The molecule has 0 radical (unpaired) electrons. The topological polar surface area (TPSA) is 26.3 Å². The first-order valence-corrected chi connectivity index (χ1v) is 3.38. The van der Waals surface area contributed by atoms with Gasteiger partial charge in [-0.1, -0.05) is 19.1 Å². The summed E-state index contributed by atoms with van der Waals surface area (Å²) in [6, 6.07) is 0. The first-order chi connectivity index (χ1) is 4.84. The van der Waals surface area contributed by atoms with Gasteiger partial charge in [-0.15, -0.1) is 0 Å². The minimum absolute atomic E-state index is 0.139. The lowest BCUT2D eigenvalue weighted by molar-refractivity contribution is -0.137. The van der Waals surface area contributed by atoms with Crippen LogP contribution < -0.4 is 0 Å². The van der Waals surface area contributed by atoms with E-state index in [0.717, 1.165) is 6.42 Å². The van der Waals surface area contributed by atoms with Gasteiger partial charge in [0.05, 0.1) is 12.2 Å². The zero-order chi connectivity index (χ0) is 7.40. The van der Waals surface area contributed by atoms with Gasteiger partial charge in [0.1, 0.15) is 0 Å². The molecule has 0 aliphatic carbocycles. The minimum Gasteiger partial charge on any atom is -0.434 e. The molecule has 1 aliphatic rings. The number of esters is 1. The molecule has 0 aromatic carbocycles. The summed E-state index contributed by atoms with van der Waals surface area (Å²) < 4.78 is 4.59. The maximum Gasteiger partial charge on any atom is 0.321 e. The zero-order valence-electron chi connectivity index (χ0n) is 5.91. The molecule has 0 amide bonds. The van der Waals surface area contributed by atoms with Crippen LogP contribution in [-0.4, -0.2) is 5.97 Å². The minimum atomic E-state index is -0.176. The van der Waals surface area contributed by atoms with Crippen molar-refractivity contribution in [3.8, 4) is 0 Å². The molecule has 10 heavy (non-hydrogen) atoms. The van der Waals surface area contributed by atoms with E-state index >= 15 is 0 Å². The van der Waals surface area contributed by atoms with Gasteiger partial charge in [-0.3, -0.25) is 4.79 Å². The van der Waals surface area contributed by atoms with Gasteiger partial charge in [0.25, 0.3) is 0 Å². The fourth-order valence-electron chi connectivity index (χ4n) is 0.774. The van der Waals surface area contributed by atoms with Crippen LogP contribution in [-0.2, 0) is 9.53 Å². The molecule has 2 nitrogen and oxygen atoms in total. The lowest BCUT2D eigenvalue weighted by Gasteiger charge is -1.93. The Balaban J connectivity index is 2.48. The van der Waals surface area contributed by atoms with Gasteiger partial charge in [0, 0.05) is 0 Å². The molecule has 0 saturated carbocycles. The van der Waals surface area contributed by atoms with Gasteiger partial charge in [-0.05, 0) is 12.5 Å². The van der Waals surface area contributed by atoms with E-state index in [1.165, 1.54) is 6.26 Å². The standard InChI is InChI=1S/C8H10O2/c1-2-3-4-7-5-6-10-8(7)9/h3-7H,2H2,1H3. The second-order valence-corrected chi connectivity index (χ2v) is 2.13. The van der Waals surface area contributed by atoms with Crippen LogP contribution in [0.25, 0.3) is 0 Å². The van der Waals surface area contributed by atoms with Crippen molar-refractivity contribution < 1.29 is 9.53 Å². The number of carbonyl (C=O) groups excluding carboxylic acids is 1. The Bertz CT molecular complexity index is 180. The molecule has 0 aromatic rings. The Morgan fingerprint density at radius 2 is 2.60 bits per heavy atom. The van der Waals surface area contributed by atoms with Gasteiger partial charge < -0.3 is 4.74 Å². The lowest BCUT2D eigenvalue weighted by atomic mass is 10.1. The van der Waals surface area contributed by atoms with Crippen LogP contribution in [0.5, 0.6) is 0 Å². The number of carbonyl (C=O) groups is 1. The average Bonchev–Trinajstić information content (AvgIpc) is 2.31. The highest BCUT2D eigenvalue weighted by Gasteiger charge is 2.17. The van der Waals surface area contributed by atoms with Crippen LogP contribution in [0.1, 0.15) is 13.3 Å². The van der Waals surface area contributed by atoms with Crippen molar-refractivity contribution in [2.24, 2.45) is 5.92 Å². The van der Waals surface area contributed by atoms with Crippen LogP contribution in [0.3, 0.4) is 0 Å². The normalized spacial score (nSPS) is 24.1. The van der Waals surface area contributed by atoms with Crippen molar-refractivity contribution in [3.63, 3.8) is 0 Å². The maximum absolute atomic E-state index is 10.7. The first kappa shape index (κ1) is 7.06. The third-order valence-corrected chi connectivity index (χ3v) is 1.32. The summed E-state index contributed by atoms with van der Waals surface area (Å²) >= 11 is 0. The van der Waals surface area contributed by atoms with Gasteiger partial charge in [0.2, 0.25) is 0 Å². The molecule has 1 atom stereocenters. The van der Waals surface area contributed by atoms with Crippen molar-refractivity contribution in [1.29, 1.82) is 0 Å².